The molecule has 3 nitrogen and oxygen atoms in total. The molecule has 0 aromatic carbocycles. The molecule has 0 spiro atoms. The maximum absolute atomic E-state index is 11.3. The molecule has 0 radical (unpaired) electrons. The van der Waals surface area contributed by atoms with Crippen molar-refractivity contribution in [2.45, 2.75) is 31.5 Å². The minimum absolute atomic E-state index is 0.201. The number of hydrogen-bond donors (Lipinski definition) is 1. The Labute approximate surface area is 91.0 Å². The molecule has 2 bridgehead atoms. The Morgan fingerprint density at radius 2 is 2.07 bits per heavy atom. The maximum Gasteiger partial charge on any atom is 0.311 e. The van der Waals surface area contributed by atoms with Crippen molar-refractivity contribution in [2.24, 2.45) is 16.2 Å². The lowest BCUT2D eigenvalue weighted by Gasteiger charge is -2.61. The SMILES string of the molecule is CC1(C)[C@@]2(C=O)CC[C@]1(C(=O)O)[C@H]2Br. The summed E-state index contributed by atoms with van der Waals surface area (Å²) in [5, 5.41) is 9.28. The molecule has 78 valence electrons. The first kappa shape index (κ1) is 10.1. The van der Waals surface area contributed by atoms with Gasteiger partial charge in [0.05, 0.1) is 5.41 Å². The number of carbonyl (C=O) groups is 2. The van der Waals surface area contributed by atoms with E-state index < -0.39 is 22.2 Å². The van der Waals surface area contributed by atoms with Crippen LogP contribution in [0, 0.1) is 16.2 Å². The van der Waals surface area contributed by atoms with Gasteiger partial charge in [-0.25, -0.2) is 0 Å². The fraction of sp³-hybridized carbons (Fsp3) is 0.800. The number of hydrogen-bond acceptors (Lipinski definition) is 2. The number of fused-ring (bicyclic) bond motifs is 1. The highest BCUT2D eigenvalue weighted by atomic mass is 79.9. The fourth-order valence-corrected chi connectivity index (χ4v) is 5.35. The van der Waals surface area contributed by atoms with Gasteiger partial charge in [0.15, 0.2) is 0 Å². The van der Waals surface area contributed by atoms with Crippen LogP contribution in [0.1, 0.15) is 26.7 Å². The summed E-state index contributed by atoms with van der Waals surface area (Å²) < 4.78 is 0. The molecule has 0 aromatic rings. The second-order valence-electron chi connectivity index (χ2n) is 4.92. The molecule has 3 aliphatic rings. The predicted octanol–water partition coefficient (Wildman–Crippen LogP) is 1.84. The lowest BCUT2D eigenvalue weighted by Crippen LogP contribution is -2.69. The van der Waals surface area contributed by atoms with Gasteiger partial charge >= 0.3 is 5.97 Å². The summed E-state index contributed by atoms with van der Waals surface area (Å²) in [5.41, 5.74) is -1.64. The highest BCUT2D eigenvalue weighted by Crippen LogP contribution is 2.79. The molecule has 0 amide bonds. The van der Waals surface area contributed by atoms with Crippen LogP contribution in [-0.4, -0.2) is 22.2 Å². The summed E-state index contributed by atoms with van der Waals surface area (Å²) in [7, 11) is 0. The number of carbonyl (C=O) groups excluding carboxylic acids is 1. The van der Waals surface area contributed by atoms with Gasteiger partial charge in [0.1, 0.15) is 6.29 Å². The number of aliphatic carboxylic acids is 1. The van der Waals surface area contributed by atoms with E-state index in [-0.39, 0.29) is 4.83 Å². The van der Waals surface area contributed by atoms with Gasteiger partial charge in [-0.2, -0.15) is 0 Å². The zero-order valence-corrected chi connectivity index (χ0v) is 9.80. The van der Waals surface area contributed by atoms with Crippen LogP contribution >= 0.6 is 15.9 Å². The third kappa shape index (κ3) is 0.630. The molecular weight excluding hydrogens is 248 g/mol. The van der Waals surface area contributed by atoms with Crippen LogP contribution < -0.4 is 0 Å². The van der Waals surface area contributed by atoms with Crippen molar-refractivity contribution in [3.8, 4) is 0 Å². The molecule has 0 unspecified atom stereocenters. The van der Waals surface area contributed by atoms with Gasteiger partial charge in [0.2, 0.25) is 0 Å². The molecule has 0 heterocycles. The lowest BCUT2D eigenvalue weighted by molar-refractivity contribution is -0.181. The van der Waals surface area contributed by atoms with Gasteiger partial charge in [-0.05, 0) is 18.3 Å². The van der Waals surface area contributed by atoms with Crippen molar-refractivity contribution in [1.29, 1.82) is 0 Å². The summed E-state index contributed by atoms with van der Waals surface area (Å²) in [5.74, 6) is -0.778. The quantitative estimate of drug-likeness (QED) is 0.609. The van der Waals surface area contributed by atoms with Crippen LogP contribution in [0.3, 0.4) is 0 Å². The molecule has 1 N–H and O–H groups in total. The molecule has 3 aliphatic carbocycles. The fourth-order valence-electron chi connectivity index (χ4n) is 3.44. The van der Waals surface area contributed by atoms with E-state index in [0.717, 1.165) is 6.29 Å². The number of halogens is 1. The van der Waals surface area contributed by atoms with E-state index in [4.69, 9.17) is 0 Å². The Balaban J connectivity index is 2.53. The monoisotopic (exact) mass is 260 g/mol. The molecule has 3 rings (SSSR count). The first-order valence-corrected chi connectivity index (χ1v) is 5.62. The largest absolute Gasteiger partial charge is 0.481 e. The number of carboxylic acid groups (broad SMARTS) is 1. The zero-order valence-electron chi connectivity index (χ0n) is 8.21. The van der Waals surface area contributed by atoms with E-state index >= 15 is 0 Å². The van der Waals surface area contributed by atoms with Gasteiger partial charge in [0, 0.05) is 10.2 Å². The summed E-state index contributed by atoms with van der Waals surface area (Å²) in [6.07, 6.45) is 2.23. The molecule has 0 aliphatic heterocycles. The van der Waals surface area contributed by atoms with Gasteiger partial charge in [-0.15, -0.1) is 0 Å². The molecule has 0 saturated heterocycles. The molecule has 14 heavy (non-hydrogen) atoms. The second-order valence-corrected chi connectivity index (χ2v) is 5.84. The van der Waals surface area contributed by atoms with Crippen LogP contribution in [-0.2, 0) is 9.59 Å². The standard InChI is InChI=1S/C10H13BrO3/c1-8(2)9(5-12)3-4-10(8,6(9)11)7(13)14/h5-6H,3-4H2,1-2H3,(H,13,14)/t6-,9+,10+/m0/s1. The second kappa shape index (κ2) is 2.40. The van der Waals surface area contributed by atoms with Crippen LogP contribution in [0.25, 0.3) is 0 Å². The summed E-state index contributed by atoms with van der Waals surface area (Å²) in [4.78, 5) is 22.2. The molecule has 3 fully saturated rings. The van der Waals surface area contributed by atoms with Crippen LogP contribution in [0.4, 0.5) is 0 Å². The highest BCUT2D eigenvalue weighted by molar-refractivity contribution is 9.09. The van der Waals surface area contributed by atoms with Gasteiger partial charge < -0.3 is 9.90 Å². The summed E-state index contributed by atoms with van der Waals surface area (Å²) >= 11 is 3.39. The molecule has 3 saturated carbocycles. The molecule has 3 atom stereocenters. The summed E-state index contributed by atoms with van der Waals surface area (Å²) in [6.45, 7) is 3.78. The van der Waals surface area contributed by atoms with Crippen molar-refractivity contribution in [3.05, 3.63) is 0 Å². The lowest BCUT2D eigenvalue weighted by atomic mass is 9.43. The van der Waals surface area contributed by atoms with E-state index in [1.54, 1.807) is 0 Å². The van der Waals surface area contributed by atoms with E-state index in [1.165, 1.54) is 0 Å². The first-order chi connectivity index (χ1) is 6.37. The van der Waals surface area contributed by atoms with Crippen LogP contribution in [0.15, 0.2) is 0 Å². The maximum atomic E-state index is 11.3. The molecule has 0 aromatic heterocycles. The Bertz CT molecular complexity index is 325. The normalized spacial score (nSPS) is 48.4. The van der Waals surface area contributed by atoms with Crippen molar-refractivity contribution in [1.82, 2.24) is 0 Å². The predicted molar refractivity (Wildman–Crippen MR) is 54.3 cm³/mol. The van der Waals surface area contributed by atoms with Crippen molar-refractivity contribution in [3.63, 3.8) is 0 Å². The van der Waals surface area contributed by atoms with E-state index in [2.05, 4.69) is 15.9 Å². The number of aldehydes is 1. The third-order valence-corrected chi connectivity index (χ3v) is 6.29. The Morgan fingerprint density at radius 3 is 2.29 bits per heavy atom. The van der Waals surface area contributed by atoms with Gasteiger partial charge in [-0.1, -0.05) is 29.8 Å². The topological polar surface area (TPSA) is 54.4 Å². The Hall–Kier alpha value is -0.380. The first-order valence-electron chi connectivity index (χ1n) is 4.70. The van der Waals surface area contributed by atoms with Crippen molar-refractivity contribution >= 4 is 28.2 Å². The third-order valence-electron chi connectivity index (χ3n) is 4.69. The number of alkyl halides is 1. The summed E-state index contributed by atoms with van der Waals surface area (Å²) in [6, 6.07) is 0. The van der Waals surface area contributed by atoms with Crippen LogP contribution in [0.2, 0.25) is 0 Å². The van der Waals surface area contributed by atoms with E-state index in [1.807, 2.05) is 13.8 Å². The Kier molecular flexibility index (Phi) is 1.74. The average molecular weight is 261 g/mol. The number of carboxylic acids is 1. The number of rotatable bonds is 2. The smallest absolute Gasteiger partial charge is 0.311 e. The minimum Gasteiger partial charge on any atom is -0.481 e. The van der Waals surface area contributed by atoms with Gasteiger partial charge in [-0.3, -0.25) is 4.79 Å². The highest BCUT2D eigenvalue weighted by Gasteiger charge is 2.82. The van der Waals surface area contributed by atoms with Gasteiger partial charge in [0.25, 0.3) is 0 Å². The zero-order chi connectivity index (χ0) is 10.8. The van der Waals surface area contributed by atoms with Crippen LogP contribution in [0.5, 0.6) is 0 Å². The van der Waals surface area contributed by atoms with E-state index in [9.17, 15) is 14.7 Å². The molecular formula is C10H13BrO3. The Morgan fingerprint density at radius 1 is 1.50 bits per heavy atom. The molecule has 4 heteroatoms. The average Bonchev–Trinajstić information content (AvgIpc) is 2.53. The van der Waals surface area contributed by atoms with E-state index in [0.29, 0.717) is 12.8 Å². The van der Waals surface area contributed by atoms with Crippen molar-refractivity contribution < 1.29 is 14.7 Å². The van der Waals surface area contributed by atoms with Crippen molar-refractivity contribution in [2.75, 3.05) is 0 Å². The minimum atomic E-state index is -0.778.